The summed E-state index contributed by atoms with van der Waals surface area (Å²) in [5, 5.41) is 1.95. The van der Waals surface area contributed by atoms with Gasteiger partial charge in [0.25, 0.3) is 5.91 Å². The summed E-state index contributed by atoms with van der Waals surface area (Å²) in [6, 6.07) is 3.67. The van der Waals surface area contributed by atoms with Crippen molar-refractivity contribution >= 4 is 33.2 Å². The van der Waals surface area contributed by atoms with Gasteiger partial charge in [0.05, 0.1) is 10.6 Å². The predicted molar refractivity (Wildman–Crippen MR) is 61.6 cm³/mol. The monoisotopic (exact) mass is 283 g/mol. The van der Waals surface area contributed by atoms with Gasteiger partial charge in [-0.3, -0.25) is 4.79 Å². The second kappa shape index (κ2) is 4.08. The molecular weight excluding hydrogens is 278 g/mol. The minimum absolute atomic E-state index is 0.0389. The van der Waals surface area contributed by atoms with Gasteiger partial charge >= 0.3 is 0 Å². The molecule has 4 nitrogen and oxygen atoms in total. The minimum atomic E-state index is -0.618. The maximum Gasteiger partial charge on any atom is 0.286 e. The molecule has 2 rings (SSSR count). The molecule has 2 aromatic heterocycles. The highest BCUT2D eigenvalue weighted by atomic mass is 79.9. The van der Waals surface area contributed by atoms with Gasteiger partial charge in [0.2, 0.25) is 5.82 Å². The van der Waals surface area contributed by atoms with Crippen LogP contribution in [0.1, 0.15) is 10.6 Å². The number of primary amides is 1. The maximum atomic E-state index is 10.9. The molecule has 1 amide bonds. The Labute approximate surface area is 98.3 Å². The van der Waals surface area contributed by atoms with E-state index in [9.17, 15) is 4.79 Å². The summed E-state index contributed by atoms with van der Waals surface area (Å²) < 4.78 is 0.988. The Kier molecular flexibility index (Phi) is 2.79. The van der Waals surface area contributed by atoms with Crippen LogP contribution in [0.25, 0.3) is 10.6 Å². The molecule has 0 unspecified atom stereocenters. The van der Waals surface area contributed by atoms with Crippen LogP contribution in [0.3, 0.4) is 0 Å². The number of aromatic nitrogens is 2. The van der Waals surface area contributed by atoms with E-state index in [4.69, 9.17) is 5.73 Å². The molecule has 0 aliphatic heterocycles. The predicted octanol–water partition coefficient (Wildman–Crippen LogP) is 2.07. The number of rotatable bonds is 2. The zero-order valence-corrected chi connectivity index (χ0v) is 9.88. The topological polar surface area (TPSA) is 68.9 Å². The first-order valence-corrected chi connectivity index (χ1v) is 5.71. The van der Waals surface area contributed by atoms with Gasteiger partial charge < -0.3 is 5.73 Å². The van der Waals surface area contributed by atoms with Crippen LogP contribution >= 0.6 is 27.3 Å². The van der Waals surface area contributed by atoms with Crippen LogP contribution < -0.4 is 5.73 Å². The average Bonchev–Trinajstić information content (AvgIpc) is 2.65. The highest BCUT2D eigenvalue weighted by molar-refractivity contribution is 9.10. The standard InChI is InChI=1S/C9H6BrN3OS/c10-5-3-7(15-4-5)6-1-2-12-9(13-6)8(11)14/h1-4H,(H2,11,14). The van der Waals surface area contributed by atoms with Crippen molar-refractivity contribution in [1.29, 1.82) is 0 Å². The van der Waals surface area contributed by atoms with Crippen molar-refractivity contribution in [1.82, 2.24) is 9.97 Å². The molecule has 0 aliphatic carbocycles. The van der Waals surface area contributed by atoms with Crippen molar-refractivity contribution in [2.75, 3.05) is 0 Å². The molecule has 0 spiro atoms. The van der Waals surface area contributed by atoms with E-state index in [-0.39, 0.29) is 5.82 Å². The van der Waals surface area contributed by atoms with Crippen molar-refractivity contribution in [3.63, 3.8) is 0 Å². The van der Waals surface area contributed by atoms with E-state index >= 15 is 0 Å². The largest absolute Gasteiger partial charge is 0.363 e. The van der Waals surface area contributed by atoms with Crippen LogP contribution in [0.5, 0.6) is 0 Å². The Morgan fingerprint density at radius 1 is 1.53 bits per heavy atom. The molecule has 2 heterocycles. The minimum Gasteiger partial charge on any atom is -0.363 e. The summed E-state index contributed by atoms with van der Waals surface area (Å²) in [7, 11) is 0. The Morgan fingerprint density at radius 3 is 2.93 bits per heavy atom. The summed E-state index contributed by atoms with van der Waals surface area (Å²) in [5.41, 5.74) is 5.80. The molecule has 2 N–H and O–H groups in total. The van der Waals surface area contributed by atoms with Crippen LogP contribution in [0, 0.1) is 0 Å². The first-order valence-electron chi connectivity index (χ1n) is 4.04. The average molecular weight is 284 g/mol. The first-order chi connectivity index (χ1) is 7.16. The number of thiophene rings is 1. The van der Waals surface area contributed by atoms with Gasteiger partial charge in [-0.05, 0) is 28.1 Å². The van der Waals surface area contributed by atoms with E-state index in [1.165, 1.54) is 17.5 Å². The van der Waals surface area contributed by atoms with Gasteiger partial charge in [0, 0.05) is 16.0 Å². The van der Waals surface area contributed by atoms with Gasteiger partial charge in [-0.2, -0.15) is 0 Å². The SMILES string of the molecule is NC(=O)c1nccc(-c2cc(Br)cs2)n1. The summed E-state index contributed by atoms with van der Waals surface area (Å²) in [6.45, 7) is 0. The number of hydrogen-bond acceptors (Lipinski definition) is 4. The zero-order chi connectivity index (χ0) is 10.8. The fourth-order valence-corrected chi connectivity index (χ4v) is 2.46. The lowest BCUT2D eigenvalue weighted by molar-refractivity contribution is 0.0990. The van der Waals surface area contributed by atoms with E-state index in [1.807, 2.05) is 11.4 Å². The van der Waals surface area contributed by atoms with Gasteiger partial charge in [-0.15, -0.1) is 11.3 Å². The molecule has 6 heteroatoms. The van der Waals surface area contributed by atoms with E-state index in [2.05, 4.69) is 25.9 Å². The van der Waals surface area contributed by atoms with E-state index in [0.29, 0.717) is 5.69 Å². The highest BCUT2D eigenvalue weighted by Gasteiger charge is 2.07. The molecule has 0 saturated carbocycles. The molecule has 0 bridgehead atoms. The Hall–Kier alpha value is -1.27. The number of amides is 1. The van der Waals surface area contributed by atoms with Gasteiger partial charge in [0.15, 0.2) is 0 Å². The molecule has 0 fully saturated rings. The Bertz CT molecular complexity index is 512. The van der Waals surface area contributed by atoms with Crippen LogP contribution in [0.2, 0.25) is 0 Å². The fourth-order valence-electron chi connectivity index (χ4n) is 1.06. The first kappa shape index (κ1) is 10.3. The fraction of sp³-hybridized carbons (Fsp3) is 0. The molecular formula is C9H6BrN3OS. The second-order valence-corrected chi connectivity index (χ2v) is 4.59. The van der Waals surface area contributed by atoms with Crippen molar-refractivity contribution in [3.05, 3.63) is 34.0 Å². The lowest BCUT2D eigenvalue weighted by atomic mass is 10.3. The van der Waals surface area contributed by atoms with E-state index < -0.39 is 5.91 Å². The smallest absolute Gasteiger partial charge is 0.286 e. The lowest BCUT2D eigenvalue weighted by Crippen LogP contribution is -2.15. The third-order valence-corrected chi connectivity index (χ3v) is 3.41. The summed E-state index contributed by atoms with van der Waals surface area (Å²) in [5.74, 6) is -0.579. The molecule has 0 radical (unpaired) electrons. The molecule has 0 aromatic carbocycles. The Morgan fingerprint density at radius 2 is 2.33 bits per heavy atom. The number of carbonyl (C=O) groups excluding carboxylic acids is 1. The number of nitrogens with two attached hydrogens (primary N) is 1. The normalized spacial score (nSPS) is 10.2. The van der Waals surface area contributed by atoms with Crippen molar-refractivity contribution in [2.45, 2.75) is 0 Å². The van der Waals surface area contributed by atoms with Crippen molar-refractivity contribution < 1.29 is 4.79 Å². The molecule has 0 atom stereocenters. The number of carbonyl (C=O) groups is 1. The third kappa shape index (κ3) is 2.21. The van der Waals surface area contributed by atoms with Gasteiger partial charge in [-0.1, -0.05) is 0 Å². The van der Waals surface area contributed by atoms with Crippen molar-refractivity contribution in [3.8, 4) is 10.6 Å². The number of halogens is 1. The summed E-state index contributed by atoms with van der Waals surface area (Å²) >= 11 is 4.89. The van der Waals surface area contributed by atoms with E-state index in [1.54, 1.807) is 6.07 Å². The quantitative estimate of drug-likeness (QED) is 0.917. The lowest BCUT2D eigenvalue weighted by Gasteiger charge is -1.97. The van der Waals surface area contributed by atoms with Gasteiger partial charge in [0.1, 0.15) is 0 Å². The van der Waals surface area contributed by atoms with Crippen LogP contribution in [-0.4, -0.2) is 15.9 Å². The molecule has 0 aliphatic rings. The zero-order valence-electron chi connectivity index (χ0n) is 7.48. The van der Waals surface area contributed by atoms with Crippen LogP contribution in [-0.2, 0) is 0 Å². The molecule has 2 aromatic rings. The summed E-state index contributed by atoms with van der Waals surface area (Å²) in [6.07, 6.45) is 1.52. The van der Waals surface area contributed by atoms with Gasteiger partial charge in [-0.25, -0.2) is 9.97 Å². The highest BCUT2D eigenvalue weighted by Crippen LogP contribution is 2.28. The van der Waals surface area contributed by atoms with Crippen LogP contribution in [0.15, 0.2) is 28.2 Å². The van der Waals surface area contributed by atoms with Crippen LogP contribution in [0.4, 0.5) is 0 Å². The molecule has 0 saturated heterocycles. The Balaban J connectivity index is 2.45. The molecule has 76 valence electrons. The maximum absolute atomic E-state index is 10.9. The number of nitrogens with zero attached hydrogens (tertiary/aromatic N) is 2. The third-order valence-electron chi connectivity index (χ3n) is 1.70. The second-order valence-electron chi connectivity index (χ2n) is 2.76. The van der Waals surface area contributed by atoms with Crippen molar-refractivity contribution in [2.24, 2.45) is 5.73 Å². The summed E-state index contributed by atoms with van der Waals surface area (Å²) in [4.78, 5) is 19.7. The molecule has 15 heavy (non-hydrogen) atoms. The van der Waals surface area contributed by atoms with E-state index in [0.717, 1.165) is 9.35 Å². The number of hydrogen-bond donors (Lipinski definition) is 1.